The maximum atomic E-state index is 11.7. The van der Waals surface area contributed by atoms with E-state index in [2.05, 4.69) is 108 Å². The minimum Gasteiger partial charge on any atom is -0.478 e. The number of rotatable bonds is 5. The Hall–Kier alpha value is -6.59. The molecule has 7 aromatic rings. The molecule has 7 heteroatoms. The number of fused-ring (bicyclic) bond motifs is 7. The van der Waals surface area contributed by atoms with Gasteiger partial charge in [-0.2, -0.15) is 0 Å². The molecule has 10 rings (SSSR count). The molecule has 0 amide bonds. The van der Waals surface area contributed by atoms with Crippen molar-refractivity contribution in [2.45, 2.75) is 0 Å². The van der Waals surface area contributed by atoms with Gasteiger partial charge in [0.1, 0.15) is 0 Å². The summed E-state index contributed by atoms with van der Waals surface area (Å²) in [7, 11) is 0. The van der Waals surface area contributed by atoms with Gasteiger partial charge in [0, 0.05) is 17.1 Å². The normalized spacial score (nSPS) is 12.9. The highest BCUT2D eigenvalue weighted by Gasteiger charge is 2.47. The standard InChI is InChI=1S/C44H27B2NO4/c48-43(49)28-17-13-26(14-18-28)30-21-23-38-37(25-30)45(31-7-2-1-3-8-31)35-11-6-12-36-42(35)47(38)39-24-22-32(27-15-19-29(20-16-27)44(50)51)40-33-9-4-5-10-34(33)46(36)41(39)40/h1-25H,(H,48,49)(H,50,51). The van der Waals surface area contributed by atoms with Crippen LogP contribution < -0.4 is 37.7 Å². The molecule has 0 aliphatic carbocycles. The minimum absolute atomic E-state index is 0.0182. The van der Waals surface area contributed by atoms with Crippen LogP contribution in [0.2, 0.25) is 0 Å². The Labute approximate surface area is 295 Å². The summed E-state index contributed by atoms with van der Waals surface area (Å²) in [6, 6.07) is 51.5. The second-order valence-electron chi connectivity index (χ2n) is 13.4. The summed E-state index contributed by atoms with van der Waals surface area (Å²) in [5.74, 6) is -1.88. The van der Waals surface area contributed by atoms with Crippen molar-refractivity contribution >= 4 is 75.2 Å². The van der Waals surface area contributed by atoms with E-state index >= 15 is 0 Å². The molecule has 2 N–H and O–H groups in total. The van der Waals surface area contributed by atoms with Crippen LogP contribution in [0, 0.1) is 0 Å². The number of hydrogen-bond donors (Lipinski definition) is 2. The van der Waals surface area contributed by atoms with Crippen LogP contribution in [0.5, 0.6) is 0 Å². The van der Waals surface area contributed by atoms with Crippen molar-refractivity contribution in [2.75, 3.05) is 4.90 Å². The van der Waals surface area contributed by atoms with Gasteiger partial charge in [0.25, 0.3) is 0 Å². The third-order valence-electron chi connectivity index (χ3n) is 10.9. The van der Waals surface area contributed by atoms with Gasteiger partial charge in [0.2, 0.25) is 13.4 Å². The van der Waals surface area contributed by atoms with Crippen molar-refractivity contribution in [3.63, 3.8) is 0 Å². The summed E-state index contributed by atoms with van der Waals surface area (Å²) in [5.41, 5.74) is 17.9. The Bertz CT molecular complexity index is 2580. The van der Waals surface area contributed by atoms with Crippen LogP contribution in [-0.4, -0.2) is 35.6 Å². The number of hydrogen-bond acceptors (Lipinski definition) is 3. The highest BCUT2D eigenvalue weighted by Crippen LogP contribution is 2.44. The SMILES string of the molecule is O=C(O)c1ccc(-c2ccc3c(c2)B(c2ccccc2)c2cccc4c2N3c2ccc(-c3ccc(C(=O)O)cc3)c3c2B4c2ccccc2-3)cc1. The van der Waals surface area contributed by atoms with E-state index in [1.165, 1.54) is 49.6 Å². The summed E-state index contributed by atoms with van der Waals surface area (Å²) in [5, 5.41) is 19.1. The van der Waals surface area contributed by atoms with Gasteiger partial charge in [-0.25, -0.2) is 9.59 Å². The first-order chi connectivity index (χ1) is 25.0. The number of aromatic carboxylic acids is 2. The van der Waals surface area contributed by atoms with Gasteiger partial charge >= 0.3 is 11.9 Å². The van der Waals surface area contributed by atoms with Gasteiger partial charge in [-0.15, -0.1) is 0 Å². The smallest absolute Gasteiger partial charge is 0.335 e. The first-order valence-corrected chi connectivity index (χ1v) is 17.0. The zero-order chi connectivity index (χ0) is 34.4. The van der Waals surface area contributed by atoms with Crippen LogP contribution in [0.3, 0.4) is 0 Å². The van der Waals surface area contributed by atoms with E-state index in [1.807, 2.05) is 24.3 Å². The molecular weight excluding hydrogens is 628 g/mol. The fourth-order valence-corrected chi connectivity index (χ4v) is 8.69. The zero-order valence-electron chi connectivity index (χ0n) is 27.2. The van der Waals surface area contributed by atoms with Gasteiger partial charge in [0.05, 0.1) is 11.1 Å². The first-order valence-electron chi connectivity index (χ1n) is 17.0. The molecule has 0 atom stereocenters. The maximum Gasteiger partial charge on any atom is 0.335 e. The number of para-hydroxylation sites is 1. The Balaban J connectivity index is 1.24. The lowest BCUT2D eigenvalue weighted by molar-refractivity contribution is 0.0686. The topological polar surface area (TPSA) is 77.8 Å². The maximum absolute atomic E-state index is 11.7. The molecule has 3 aliphatic rings. The molecule has 0 spiro atoms. The Morgan fingerprint density at radius 3 is 1.76 bits per heavy atom. The van der Waals surface area contributed by atoms with Crippen LogP contribution in [0.1, 0.15) is 20.7 Å². The minimum atomic E-state index is -0.940. The second kappa shape index (κ2) is 11.0. The molecule has 0 bridgehead atoms. The Kier molecular flexibility index (Phi) is 6.30. The molecule has 0 unspecified atom stereocenters. The fourth-order valence-electron chi connectivity index (χ4n) is 8.69. The zero-order valence-corrected chi connectivity index (χ0v) is 27.2. The van der Waals surface area contributed by atoms with E-state index in [-0.39, 0.29) is 24.6 Å². The Morgan fingerprint density at radius 1 is 0.471 bits per heavy atom. The number of anilines is 3. The van der Waals surface area contributed by atoms with E-state index in [0.717, 1.165) is 33.6 Å². The summed E-state index contributed by atoms with van der Waals surface area (Å²) in [4.78, 5) is 25.7. The van der Waals surface area contributed by atoms with Crippen LogP contribution in [0.4, 0.5) is 17.1 Å². The highest BCUT2D eigenvalue weighted by atomic mass is 16.4. The molecule has 0 aromatic heterocycles. The van der Waals surface area contributed by atoms with Crippen molar-refractivity contribution < 1.29 is 19.8 Å². The van der Waals surface area contributed by atoms with Gasteiger partial charge in [-0.1, -0.05) is 126 Å². The first kappa shape index (κ1) is 29.3. The lowest BCUT2D eigenvalue weighted by Crippen LogP contribution is -2.64. The van der Waals surface area contributed by atoms with Crippen LogP contribution in [0.15, 0.2) is 152 Å². The molecule has 0 fully saturated rings. The van der Waals surface area contributed by atoms with Crippen LogP contribution in [0.25, 0.3) is 33.4 Å². The van der Waals surface area contributed by atoms with Gasteiger partial charge in [-0.05, 0) is 91.6 Å². The lowest BCUT2D eigenvalue weighted by atomic mass is 9.31. The number of benzene rings is 7. The van der Waals surface area contributed by atoms with E-state index < -0.39 is 11.9 Å². The van der Waals surface area contributed by atoms with E-state index in [4.69, 9.17) is 0 Å². The largest absolute Gasteiger partial charge is 0.478 e. The van der Waals surface area contributed by atoms with Crippen LogP contribution >= 0.6 is 0 Å². The third kappa shape index (κ3) is 4.25. The number of carboxylic acids is 2. The van der Waals surface area contributed by atoms with Crippen molar-refractivity contribution in [3.8, 4) is 33.4 Å². The molecule has 51 heavy (non-hydrogen) atoms. The van der Waals surface area contributed by atoms with Gasteiger partial charge < -0.3 is 15.1 Å². The van der Waals surface area contributed by atoms with Crippen molar-refractivity contribution in [1.29, 1.82) is 0 Å². The van der Waals surface area contributed by atoms with Crippen LogP contribution in [-0.2, 0) is 0 Å². The van der Waals surface area contributed by atoms with E-state index in [9.17, 15) is 19.8 Å². The highest BCUT2D eigenvalue weighted by molar-refractivity contribution is 7.04. The summed E-state index contributed by atoms with van der Waals surface area (Å²) < 4.78 is 0. The molecule has 3 aliphatic heterocycles. The van der Waals surface area contributed by atoms with Crippen molar-refractivity contribution in [1.82, 2.24) is 0 Å². The average molecular weight is 655 g/mol. The molecule has 0 saturated heterocycles. The summed E-state index contributed by atoms with van der Waals surface area (Å²) in [6.07, 6.45) is 0. The second-order valence-corrected chi connectivity index (χ2v) is 13.4. The van der Waals surface area contributed by atoms with E-state index in [1.54, 1.807) is 24.3 Å². The lowest BCUT2D eigenvalue weighted by Gasteiger charge is -2.43. The number of nitrogens with zero attached hydrogens (tertiary/aromatic N) is 1. The van der Waals surface area contributed by atoms with Gasteiger partial charge in [-0.3, -0.25) is 0 Å². The molecule has 7 aromatic carbocycles. The third-order valence-corrected chi connectivity index (χ3v) is 10.9. The molecule has 5 nitrogen and oxygen atoms in total. The predicted octanol–water partition coefficient (Wildman–Crippen LogP) is 5.53. The predicted molar refractivity (Wildman–Crippen MR) is 207 cm³/mol. The molecule has 0 saturated carbocycles. The number of carbonyl (C=O) groups is 2. The van der Waals surface area contributed by atoms with Gasteiger partial charge in [0.15, 0.2) is 0 Å². The average Bonchev–Trinajstić information content (AvgIpc) is 3.52. The van der Waals surface area contributed by atoms with Crippen molar-refractivity contribution in [2.24, 2.45) is 0 Å². The Morgan fingerprint density at radius 2 is 1.06 bits per heavy atom. The molecule has 238 valence electrons. The molecular formula is C44H27B2NO4. The van der Waals surface area contributed by atoms with Crippen molar-refractivity contribution in [3.05, 3.63) is 163 Å². The summed E-state index contributed by atoms with van der Waals surface area (Å²) in [6.45, 7) is 0.0240. The monoisotopic (exact) mass is 655 g/mol. The quantitative estimate of drug-likeness (QED) is 0.239. The molecule has 0 radical (unpaired) electrons. The van der Waals surface area contributed by atoms with E-state index in [0.29, 0.717) is 0 Å². The molecule has 3 heterocycles. The number of carboxylic acid groups (broad SMARTS) is 2. The fraction of sp³-hybridized carbons (Fsp3) is 0. The summed E-state index contributed by atoms with van der Waals surface area (Å²) >= 11 is 0.